The predicted molar refractivity (Wildman–Crippen MR) is 44.6 cm³/mol. The summed E-state index contributed by atoms with van der Waals surface area (Å²) in [4.78, 5) is 0. The van der Waals surface area contributed by atoms with E-state index in [-0.39, 0.29) is 0 Å². The molecule has 0 unspecified atom stereocenters. The molecule has 0 heteroatoms. The van der Waals surface area contributed by atoms with Crippen LogP contribution in [0.15, 0.2) is 0 Å². The van der Waals surface area contributed by atoms with Crippen LogP contribution in [0.1, 0.15) is 45.4 Å². The molecule has 1 fully saturated rings. The molecule has 0 saturated heterocycles. The molecule has 0 aromatic rings. The Balaban J connectivity index is 2.33. The van der Waals surface area contributed by atoms with Crippen LogP contribution in [0.3, 0.4) is 0 Å². The lowest BCUT2D eigenvalue weighted by molar-refractivity contribution is 0.577. The van der Waals surface area contributed by atoms with Crippen molar-refractivity contribution in [2.75, 3.05) is 0 Å². The molecule has 0 aromatic carbocycles. The minimum Gasteiger partial charge on any atom is -0.106 e. The third-order valence-electron chi connectivity index (χ3n) is 2.20. The van der Waals surface area contributed by atoms with Gasteiger partial charge in [0.1, 0.15) is 0 Å². The smallest absolute Gasteiger partial charge is 0.0202 e. The maximum Gasteiger partial charge on any atom is 0.0202 e. The van der Waals surface area contributed by atoms with Crippen molar-refractivity contribution in [3.05, 3.63) is 0 Å². The lowest BCUT2D eigenvalue weighted by atomic mass is 10.0. The van der Waals surface area contributed by atoms with Crippen LogP contribution in [0.4, 0.5) is 0 Å². The maximum atomic E-state index is 3.27. The van der Waals surface area contributed by atoms with E-state index in [1.807, 2.05) is 6.92 Å². The molecule has 0 atom stereocenters. The highest BCUT2D eigenvalue weighted by Crippen LogP contribution is 2.21. The SMILES string of the molecule is CC#CC1CCCCCC1. The third kappa shape index (κ3) is 2.43. The summed E-state index contributed by atoms with van der Waals surface area (Å²) in [6.07, 6.45) is 8.37. The van der Waals surface area contributed by atoms with E-state index in [1.54, 1.807) is 0 Å². The predicted octanol–water partition coefficient (Wildman–Crippen LogP) is 2.98. The Morgan fingerprint density at radius 1 is 1.00 bits per heavy atom. The second-order valence-electron chi connectivity index (χ2n) is 3.08. The van der Waals surface area contributed by atoms with E-state index in [1.165, 1.54) is 38.5 Å². The van der Waals surface area contributed by atoms with Gasteiger partial charge in [0.15, 0.2) is 0 Å². The zero-order valence-corrected chi connectivity index (χ0v) is 6.82. The van der Waals surface area contributed by atoms with E-state index < -0.39 is 0 Å². The molecule has 0 spiro atoms. The highest BCUT2D eigenvalue weighted by molar-refractivity contribution is 5.01. The van der Waals surface area contributed by atoms with Gasteiger partial charge in [-0.3, -0.25) is 0 Å². The van der Waals surface area contributed by atoms with E-state index in [0.29, 0.717) is 0 Å². The number of hydrogen-bond donors (Lipinski definition) is 0. The summed E-state index contributed by atoms with van der Waals surface area (Å²) in [5.41, 5.74) is 0. The first-order chi connectivity index (χ1) is 4.93. The lowest BCUT2D eigenvalue weighted by Crippen LogP contribution is -1.92. The maximum absolute atomic E-state index is 3.27. The fourth-order valence-corrected chi connectivity index (χ4v) is 1.63. The van der Waals surface area contributed by atoms with Crippen LogP contribution in [0.25, 0.3) is 0 Å². The fraction of sp³-hybridized carbons (Fsp3) is 0.800. The van der Waals surface area contributed by atoms with Crippen LogP contribution < -0.4 is 0 Å². The topological polar surface area (TPSA) is 0 Å². The van der Waals surface area contributed by atoms with Crippen molar-refractivity contribution in [3.8, 4) is 11.8 Å². The first kappa shape index (κ1) is 7.66. The zero-order valence-electron chi connectivity index (χ0n) is 6.82. The minimum atomic E-state index is 0.729. The molecule has 0 aromatic heterocycles. The Hall–Kier alpha value is -0.440. The largest absolute Gasteiger partial charge is 0.106 e. The molecule has 0 N–H and O–H groups in total. The van der Waals surface area contributed by atoms with Crippen molar-refractivity contribution in [1.82, 2.24) is 0 Å². The van der Waals surface area contributed by atoms with E-state index in [2.05, 4.69) is 11.8 Å². The molecule has 0 aliphatic heterocycles. The lowest BCUT2D eigenvalue weighted by Gasteiger charge is -2.02. The van der Waals surface area contributed by atoms with E-state index in [4.69, 9.17) is 0 Å². The van der Waals surface area contributed by atoms with Gasteiger partial charge in [-0.2, -0.15) is 0 Å². The highest BCUT2D eigenvalue weighted by Gasteiger charge is 2.07. The Morgan fingerprint density at radius 3 is 2.10 bits per heavy atom. The van der Waals surface area contributed by atoms with Crippen LogP contribution in [-0.4, -0.2) is 0 Å². The number of rotatable bonds is 0. The molecular formula is C10H16. The highest BCUT2D eigenvalue weighted by atomic mass is 14.1. The van der Waals surface area contributed by atoms with E-state index in [9.17, 15) is 0 Å². The van der Waals surface area contributed by atoms with Gasteiger partial charge in [-0.15, -0.1) is 11.8 Å². The molecule has 56 valence electrons. The van der Waals surface area contributed by atoms with Gasteiger partial charge < -0.3 is 0 Å². The molecule has 0 nitrogen and oxygen atoms in total. The summed E-state index contributed by atoms with van der Waals surface area (Å²) in [7, 11) is 0. The van der Waals surface area contributed by atoms with Gasteiger partial charge in [0.05, 0.1) is 0 Å². The van der Waals surface area contributed by atoms with Gasteiger partial charge in [-0.1, -0.05) is 25.7 Å². The minimum absolute atomic E-state index is 0.729. The van der Waals surface area contributed by atoms with Crippen molar-refractivity contribution < 1.29 is 0 Å². The molecule has 1 aliphatic carbocycles. The second kappa shape index (κ2) is 4.39. The molecule has 1 saturated carbocycles. The van der Waals surface area contributed by atoms with Crippen molar-refractivity contribution >= 4 is 0 Å². The average Bonchev–Trinajstić information content (AvgIpc) is 2.17. The summed E-state index contributed by atoms with van der Waals surface area (Å²) < 4.78 is 0. The van der Waals surface area contributed by atoms with E-state index in [0.717, 1.165) is 5.92 Å². The summed E-state index contributed by atoms with van der Waals surface area (Å²) in [6.45, 7) is 1.95. The van der Waals surface area contributed by atoms with Gasteiger partial charge in [0, 0.05) is 5.92 Å². The molecular weight excluding hydrogens is 120 g/mol. The molecule has 0 heterocycles. The Labute approximate surface area is 64.0 Å². The van der Waals surface area contributed by atoms with Crippen LogP contribution in [0.2, 0.25) is 0 Å². The molecule has 1 aliphatic rings. The Bertz CT molecular complexity index is 128. The van der Waals surface area contributed by atoms with Gasteiger partial charge in [0.2, 0.25) is 0 Å². The zero-order chi connectivity index (χ0) is 7.23. The van der Waals surface area contributed by atoms with Crippen LogP contribution in [-0.2, 0) is 0 Å². The summed E-state index contributed by atoms with van der Waals surface area (Å²) in [5, 5.41) is 0. The normalized spacial score (nSPS) is 20.9. The average molecular weight is 136 g/mol. The first-order valence-electron chi connectivity index (χ1n) is 4.36. The van der Waals surface area contributed by atoms with Crippen molar-refractivity contribution in [2.24, 2.45) is 5.92 Å². The molecule has 0 bridgehead atoms. The van der Waals surface area contributed by atoms with Gasteiger partial charge in [0.25, 0.3) is 0 Å². The molecule has 1 rings (SSSR count). The summed E-state index contributed by atoms with van der Waals surface area (Å²) >= 11 is 0. The Kier molecular flexibility index (Phi) is 3.36. The van der Waals surface area contributed by atoms with Crippen LogP contribution in [0, 0.1) is 17.8 Å². The molecule has 0 radical (unpaired) electrons. The monoisotopic (exact) mass is 136 g/mol. The van der Waals surface area contributed by atoms with Gasteiger partial charge in [-0.25, -0.2) is 0 Å². The standard InChI is InChI=1S/C10H16/c1-2-7-10-8-5-3-4-6-9-10/h10H,3-6,8-9H2,1H3. The molecule has 10 heavy (non-hydrogen) atoms. The summed E-state index contributed by atoms with van der Waals surface area (Å²) in [5.74, 6) is 7.02. The second-order valence-corrected chi connectivity index (χ2v) is 3.08. The first-order valence-corrected chi connectivity index (χ1v) is 4.36. The fourth-order valence-electron chi connectivity index (χ4n) is 1.63. The quantitative estimate of drug-likeness (QED) is 0.355. The Morgan fingerprint density at radius 2 is 1.60 bits per heavy atom. The van der Waals surface area contributed by atoms with Crippen molar-refractivity contribution in [1.29, 1.82) is 0 Å². The van der Waals surface area contributed by atoms with Gasteiger partial charge >= 0.3 is 0 Å². The number of hydrogen-bond acceptors (Lipinski definition) is 0. The van der Waals surface area contributed by atoms with Crippen LogP contribution >= 0.6 is 0 Å². The molecule has 0 amide bonds. The summed E-state index contributed by atoms with van der Waals surface area (Å²) in [6, 6.07) is 0. The van der Waals surface area contributed by atoms with E-state index >= 15 is 0 Å². The van der Waals surface area contributed by atoms with Crippen molar-refractivity contribution in [3.63, 3.8) is 0 Å². The van der Waals surface area contributed by atoms with Crippen LogP contribution in [0.5, 0.6) is 0 Å². The van der Waals surface area contributed by atoms with Gasteiger partial charge in [-0.05, 0) is 19.8 Å². The van der Waals surface area contributed by atoms with Crippen molar-refractivity contribution in [2.45, 2.75) is 45.4 Å². The third-order valence-corrected chi connectivity index (χ3v) is 2.20.